The average molecular weight is 425 g/mol. The monoisotopic (exact) mass is 424 g/mol. The standard InChI is InChI=1S/C25H20N4OS/c1-31-18-13-11-17(12-14-18)24-21-22(19-9-5-6-10-20(19)30-24)28-25-26-15-27-29(25)23(21)16-7-3-2-4-8-16/h2-15,23-24H,1H3,(H,26,27,28)/t23-,24+/m0/s1. The Morgan fingerprint density at radius 3 is 2.48 bits per heavy atom. The normalized spacial score (nSPS) is 19.0. The molecule has 0 saturated heterocycles. The number of para-hydroxylation sites is 1. The van der Waals surface area contributed by atoms with Gasteiger partial charge < -0.3 is 10.1 Å². The first-order chi connectivity index (χ1) is 15.3. The zero-order valence-electron chi connectivity index (χ0n) is 16.9. The van der Waals surface area contributed by atoms with Gasteiger partial charge in [-0.2, -0.15) is 10.1 Å². The van der Waals surface area contributed by atoms with E-state index in [1.807, 2.05) is 28.9 Å². The molecule has 31 heavy (non-hydrogen) atoms. The minimum atomic E-state index is -0.240. The molecule has 0 amide bonds. The molecule has 0 spiro atoms. The van der Waals surface area contributed by atoms with Crippen molar-refractivity contribution in [2.24, 2.45) is 0 Å². The third-order valence-corrected chi connectivity index (χ3v) is 6.60. The molecule has 4 aromatic rings. The van der Waals surface area contributed by atoms with Crippen LogP contribution in [0.25, 0.3) is 5.70 Å². The van der Waals surface area contributed by atoms with Crippen molar-refractivity contribution in [2.45, 2.75) is 17.0 Å². The van der Waals surface area contributed by atoms with Crippen LogP contribution in [0.5, 0.6) is 5.75 Å². The van der Waals surface area contributed by atoms with E-state index < -0.39 is 0 Å². The summed E-state index contributed by atoms with van der Waals surface area (Å²) in [5, 5.41) is 8.11. The molecule has 3 heterocycles. The number of benzene rings is 3. The van der Waals surface area contributed by atoms with Crippen LogP contribution in [0.3, 0.4) is 0 Å². The molecule has 2 aliphatic rings. The number of fused-ring (bicyclic) bond motifs is 3. The van der Waals surface area contributed by atoms with Gasteiger partial charge in [-0.3, -0.25) is 0 Å². The molecule has 1 N–H and O–H groups in total. The van der Waals surface area contributed by atoms with Gasteiger partial charge in [0.25, 0.3) is 0 Å². The van der Waals surface area contributed by atoms with Gasteiger partial charge in [0.2, 0.25) is 5.95 Å². The number of aromatic nitrogens is 3. The number of ether oxygens (including phenoxy) is 1. The quantitative estimate of drug-likeness (QED) is 0.437. The second-order valence-electron chi connectivity index (χ2n) is 7.56. The van der Waals surface area contributed by atoms with Gasteiger partial charge in [0, 0.05) is 16.0 Å². The van der Waals surface area contributed by atoms with Gasteiger partial charge >= 0.3 is 0 Å². The topological polar surface area (TPSA) is 52.0 Å². The van der Waals surface area contributed by atoms with E-state index in [0.29, 0.717) is 0 Å². The first-order valence-electron chi connectivity index (χ1n) is 10.2. The minimum absolute atomic E-state index is 0.117. The molecule has 1 aromatic heterocycles. The van der Waals surface area contributed by atoms with Crippen molar-refractivity contribution in [1.29, 1.82) is 0 Å². The zero-order valence-corrected chi connectivity index (χ0v) is 17.7. The van der Waals surface area contributed by atoms with Gasteiger partial charge in [-0.15, -0.1) is 11.8 Å². The number of thioether (sulfide) groups is 1. The van der Waals surface area contributed by atoms with Crippen molar-refractivity contribution < 1.29 is 4.74 Å². The van der Waals surface area contributed by atoms with E-state index in [1.54, 1.807) is 18.1 Å². The Hall–Kier alpha value is -3.51. The molecule has 2 atom stereocenters. The van der Waals surface area contributed by atoms with Crippen LogP contribution in [0.1, 0.15) is 28.8 Å². The molecule has 0 aliphatic carbocycles. The maximum atomic E-state index is 6.64. The maximum absolute atomic E-state index is 6.64. The van der Waals surface area contributed by atoms with Crippen LogP contribution in [0.2, 0.25) is 0 Å². The summed E-state index contributed by atoms with van der Waals surface area (Å²) in [6.07, 6.45) is 3.45. The fourth-order valence-electron chi connectivity index (χ4n) is 4.43. The van der Waals surface area contributed by atoms with Gasteiger partial charge in [0.05, 0.1) is 5.70 Å². The van der Waals surface area contributed by atoms with Crippen molar-refractivity contribution in [3.63, 3.8) is 0 Å². The van der Waals surface area contributed by atoms with Crippen LogP contribution in [0, 0.1) is 0 Å². The van der Waals surface area contributed by atoms with Crippen molar-refractivity contribution in [2.75, 3.05) is 11.6 Å². The van der Waals surface area contributed by atoms with Gasteiger partial charge in [-0.25, -0.2) is 4.68 Å². The van der Waals surface area contributed by atoms with Gasteiger partial charge in [-0.1, -0.05) is 54.6 Å². The highest BCUT2D eigenvalue weighted by Gasteiger charge is 2.40. The molecule has 152 valence electrons. The lowest BCUT2D eigenvalue weighted by atomic mass is 9.84. The predicted octanol–water partition coefficient (Wildman–Crippen LogP) is 5.56. The van der Waals surface area contributed by atoms with E-state index in [-0.39, 0.29) is 12.1 Å². The summed E-state index contributed by atoms with van der Waals surface area (Å²) in [5.74, 6) is 1.60. The average Bonchev–Trinajstić information content (AvgIpc) is 3.31. The van der Waals surface area contributed by atoms with Gasteiger partial charge in [0.1, 0.15) is 24.2 Å². The molecule has 0 fully saturated rings. The molecule has 0 unspecified atom stereocenters. The fourth-order valence-corrected chi connectivity index (χ4v) is 4.84. The molecule has 0 saturated carbocycles. The second-order valence-corrected chi connectivity index (χ2v) is 8.44. The highest BCUT2D eigenvalue weighted by Crippen LogP contribution is 2.50. The van der Waals surface area contributed by atoms with E-state index in [4.69, 9.17) is 4.74 Å². The molecular weight excluding hydrogens is 404 g/mol. The number of hydrogen-bond acceptors (Lipinski definition) is 5. The summed E-state index contributed by atoms with van der Waals surface area (Å²) in [5.41, 5.74) is 5.50. The molecule has 0 bridgehead atoms. The number of rotatable bonds is 3. The Labute approximate surface area is 184 Å². The predicted molar refractivity (Wildman–Crippen MR) is 123 cm³/mol. The summed E-state index contributed by atoms with van der Waals surface area (Å²) >= 11 is 1.74. The summed E-state index contributed by atoms with van der Waals surface area (Å²) < 4.78 is 8.59. The molecule has 2 aliphatic heterocycles. The first-order valence-corrected chi connectivity index (χ1v) is 11.4. The Morgan fingerprint density at radius 1 is 0.903 bits per heavy atom. The van der Waals surface area contributed by atoms with Crippen molar-refractivity contribution >= 4 is 23.4 Å². The lowest BCUT2D eigenvalue weighted by molar-refractivity contribution is 0.223. The highest BCUT2D eigenvalue weighted by molar-refractivity contribution is 7.98. The summed E-state index contributed by atoms with van der Waals surface area (Å²) in [6, 6.07) is 27.1. The summed E-state index contributed by atoms with van der Waals surface area (Å²) in [7, 11) is 0. The van der Waals surface area contributed by atoms with E-state index in [1.165, 1.54) is 4.90 Å². The minimum Gasteiger partial charge on any atom is -0.480 e. The van der Waals surface area contributed by atoms with Crippen molar-refractivity contribution in [1.82, 2.24) is 14.8 Å². The SMILES string of the molecule is CSc1ccc([C@H]2Oc3ccccc3C3=C2[C@H](c2ccccc2)n2ncnc2N3)cc1. The Morgan fingerprint density at radius 2 is 1.68 bits per heavy atom. The number of anilines is 1. The van der Waals surface area contributed by atoms with Crippen LogP contribution >= 0.6 is 11.8 Å². The largest absolute Gasteiger partial charge is 0.480 e. The lowest BCUT2D eigenvalue weighted by Crippen LogP contribution is -2.32. The molecule has 0 radical (unpaired) electrons. The van der Waals surface area contributed by atoms with Crippen LogP contribution in [0.4, 0.5) is 5.95 Å². The Balaban J connectivity index is 1.60. The van der Waals surface area contributed by atoms with E-state index in [0.717, 1.165) is 39.7 Å². The highest BCUT2D eigenvalue weighted by atomic mass is 32.2. The van der Waals surface area contributed by atoms with Gasteiger partial charge in [0.15, 0.2) is 0 Å². The third kappa shape index (κ3) is 2.94. The van der Waals surface area contributed by atoms with Gasteiger partial charge in [-0.05, 0) is 41.6 Å². The second kappa shape index (κ2) is 7.32. The van der Waals surface area contributed by atoms with Crippen molar-refractivity contribution in [3.05, 3.63) is 107 Å². The van der Waals surface area contributed by atoms with Crippen LogP contribution < -0.4 is 10.1 Å². The third-order valence-electron chi connectivity index (χ3n) is 5.86. The summed E-state index contributed by atoms with van der Waals surface area (Å²) in [6.45, 7) is 0. The summed E-state index contributed by atoms with van der Waals surface area (Å²) in [4.78, 5) is 5.71. The Kier molecular flexibility index (Phi) is 4.32. The first kappa shape index (κ1) is 18.3. The molecule has 6 rings (SSSR count). The molecular formula is C25H20N4OS. The molecule has 3 aromatic carbocycles. The molecule has 6 heteroatoms. The number of nitrogens with zero attached hydrogens (tertiary/aromatic N) is 3. The zero-order chi connectivity index (χ0) is 20.8. The molecule has 5 nitrogen and oxygen atoms in total. The Bertz CT molecular complexity index is 1280. The van der Waals surface area contributed by atoms with Crippen LogP contribution in [0.15, 0.2) is 95.7 Å². The number of hydrogen-bond donors (Lipinski definition) is 1. The van der Waals surface area contributed by atoms with E-state index in [9.17, 15) is 0 Å². The van der Waals surface area contributed by atoms with Crippen LogP contribution in [-0.4, -0.2) is 21.0 Å². The lowest BCUT2D eigenvalue weighted by Gasteiger charge is -2.39. The van der Waals surface area contributed by atoms with Crippen LogP contribution in [-0.2, 0) is 0 Å². The smallest absolute Gasteiger partial charge is 0.226 e. The van der Waals surface area contributed by atoms with E-state index >= 15 is 0 Å². The maximum Gasteiger partial charge on any atom is 0.226 e. The van der Waals surface area contributed by atoms with E-state index in [2.05, 4.69) is 76.3 Å². The number of nitrogens with one attached hydrogen (secondary N) is 1. The van der Waals surface area contributed by atoms with Crippen molar-refractivity contribution in [3.8, 4) is 5.75 Å². The fraction of sp³-hybridized carbons (Fsp3) is 0.120.